The molecule has 2 nitrogen and oxygen atoms in total. The average Bonchev–Trinajstić information content (AvgIpc) is 2.48. The Morgan fingerprint density at radius 2 is 2.05 bits per heavy atom. The molecule has 1 heterocycles. The van der Waals surface area contributed by atoms with Gasteiger partial charge in [0.05, 0.1) is 0 Å². The van der Waals surface area contributed by atoms with E-state index in [-0.39, 0.29) is 0 Å². The van der Waals surface area contributed by atoms with Gasteiger partial charge in [-0.3, -0.25) is 0 Å². The molecule has 0 radical (unpaired) electrons. The van der Waals surface area contributed by atoms with Crippen molar-refractivity contribution < 1.29 is 4.74 Å². The van der Waals surface area contributed by atoms with Crippen molar-refractivity contribution in [1.29, 1.82) is 0 Å². The summed E-state index contributed by atoms with van der Waals surface area (Å²) in [5.74, 6) is 1.41. The zero-order chi connectivity index (χ0) is 14.2. The minimum absolute atomic E-state index is 0.597. The highest BCUT2D eigenvalue weighted by Crippen LogP contribution is 2.32. The fourth-order valence-corrected chi connectivity index (χ4v) is 3.57. The molecule has 0 saturated carbocycles. The topological polar surface area (TPSA) is 21.3 Å². The van der Waals surface area contributed by atoms with Crippen LogP contribution in [0.5, 0.6) is 0 Å². The Morgan fingerprint density at radius 1 is 1.30 bits per heavy atom. The van der Waals surface area contributed by atoms with Gasteiger partial charge in [0.15, 0.2) is 0 Å². The smallest absolute Gasteiger partial charge is 0.0468 e. The molecule has 1 aromatic carbocycles. The number of halogens is 1. The van der Waals surface area contributed by atoms with Gasteiger partial charge in [0.2, 0.25) is 0 Å². The highest BCUT2D eigenvalue weighted by molar-refractivity contribution is 9.10. The number of hydrogen-bond donors (Lipinski definition) is 1. The van der Waals surface area contributed by atoms with Crippen LogP contribution in [0.3, 0.4) is 0 Å². The van der Waals surface area contributed by atoms with Gasteiger partial charge in [-0.05, 0) is 55.7 Å². The van der Waals surface area contributed by atoms with E-state index in [4.69, 9.17) is 4.74 Å². The minimum Gasteiger partial charge on any atom is -0.381 e. The fourth-order valence-electron chi connectivity index (χ4n) is 2.96. The average molecular weight is 340 g/mol. The first-order valence-corrected chi connectivity index (χ1v) is 8.63. The van der Waals surface area contributed by atoms with E-state index in [1.807, 2.05) is 0 Å². The molecule has 1 fully saturated rings. The summed E-state index contributed by atoms with van der Waals surface area (Å²) in [5, 5.41) is 3.60. The van der Waals surface area contributed by atoms with Gasteiger partial charge in [0.25, 0.3) is 0 Å². The van der Waals surface area contributed by atoms with Crippen LogP contribution in [-0.4, -0.2) is 26.3 Å². The first kappa shape index (κ1) is 16.0. The quantitative estimate of drug-likeness (QED) is 0.745. The lowest BCUT2D eigenvalue weighted by Gasteiger charge is -2.27. The molecule has 20 heavy (non-hydrogen) atoms. The zero-order valence-electron chi connectivity index (χ0n) is 12.4. The van der Waals surface area contributed by atoms with E-state index in [1.54, 1.807) is 0 Å². The summed E-state index contributed by atoms with van der Waals surface area (Å²) in [6.07, 6.45) is 4.89. The molecule has 1 unspecified atom stereocenters. The third-order valence-electron chi connectivity index (χ3n) is 4.12. The van der Waals surface area contributed by atoms with Crippen molar-refractivity contribution in [3.63, 3.8) is 0 Å². The van der Waals surface area contributed by atoms with Gasteiger partial charge >= 0.3 is 0 Å². The summed E-state index contributed by atoms with van der Waals surface area (Å²) >= 11 is 3.72. The molecule has 0 bridgehead atoms. The third kappa shape index (κ3) is 4.87. The van der Waals surface area contributed by atoms with Crippen LogP contribution in [0.25, 0.3) is 0 Å². The molecule has 1 N–H and O–H groups in total. The van der Waals surface area contributed by atoms with Crippen molar-refractivity contribution in [2.45, 2.75) is 38.5 Å². The number of rotatable bonds is 7. The first-order valence-electron chi connectivity index (χ1n) is 7.84. The summed E-state index contributed by atoms with van der Waals surface area (Å²) in [5.41, 5.74) is 1.45. The molecule has 2 rings (SSSR count). The van der Waals surface area contributed by atoms with Crippen LogP contribution in [0, 0.1) is 5.92 Å². The predicted octanol–water partition coefficient (Wildman–Crippen LogP) is 4.35. The zero-order valence-corrected chi connectivity index (χ0v) is 14.0. The van der Waals surface area contributed by atoms with Crippen LogP contribution in [0.1, 0.15) is 44.1 Å². The summed E-state index contributed by atoms with van der Waals surface area (Å²) in [4.78, 5) is 0. The maximum Gasteiger partial charge on any atom is 0.0468 e. The van der Waals surface area contributed by atoms with Gasteiger partial charge in [-0.2, -0.15) is 0 Å². The summed E-state index contributed by atoms with van der Waals surface area (Å²) < 4.78 is 6.73. The highest BCUT2D eigenvalue weighted by atomic mass is 79.9. The maximum absolute atomic E-state index is 5.48. The van der Waals surface area contributed by atoms with E-state index in [0.717, 1.165) is 32.2 Å². The molecule has 112 valence electrons. The standard InChI is InChI=1S/C17H26BrNO/c1-2-9-19-13-15(12-14-7-10-20-11-8-14)16-5-3-4-6-17(16)18/h3-6,14-15,19H,2,7-13H2,1H3. The van der Waals surface area contributed by atoms with Crippen LogP contribution in [0.15, 0.2) is 28.7 Å². The first-order chi connectivity index (χ1) is 9.81. The fraction of sp³-hybridized carbons (Fsp3) is 0.647. The number of nitrogens with one attached hydrogen (secondary N) is 1. The van der Waals surface area contributed by atoms with Crippen molar-refractivity contribution in [3.05, 3.63) is 34.3 Å². The van der Waals surface area contributed by atoms with Crippen LogP contribution in [0.2, 0.25) is 0 Å². The second-order valence-electron chi connectivity index (χ2n) is 5.71. The van der Waals surface area contributed by atoms with Gasteiger partial charge in [0.1, 0.15) is 0 Å². The normalized spacial score (nSPS) is 18.1. The molecular formula is C17H26BrNO. The Morgan fingerprint density at radius 3 is 2.75 bits per heavy atom. The van der Waals surface area contributed by atoms with Crippen LogP contribution >= 0.6 is 15.9 Å². The van der Waals surface area contributed by atoms with Crippen molar-refractivity contribution >= 4 is 15.9 Å². The molecule has 3 heteroatoms. The second kappa shape index (κ2) is 8.81. The molecule has 1 atom stereocenters. The molecule has 1 aliphatic rings. The molecule has 0 aliphatic carbocycles. The van der Waals surface area contributed by atoms with Gasteiger partial charge in [-0.15, -0.1) is 0 Å². The van der Waals surface area contributed by atoms with Crippen molar-refractivity contribution in [3.8, 4) is 0 Å². The Hall–Kier alpha value is -0.380. The summed E-state index contributed by atoms with van der Waals surface area (Å²) in [7, 11) is 0. The van der Waals surface area contributed by atoms with Crippen LogP contribution in [-0.2, 0) is 4.74 Å². The van der Waals surface area contributed by atoms with E-state index in [2.05, 4.69) is 52.4 Å². The summed E-state index contributed by atoms with van der Waals surface area (Å²) in [6.45, 7) is 6.28. The lowest BCUT2D eigenvalue weighted by atomic mass is 9.85. The van der Waals surface area contributed by atoms with Gasteiger partial charge in [-0.25, -0.2) is 0 Å². The molecule has 0 spiro atoms. The van der Waals surface area contributed by atoms with E-state index in [9.17, 15) is 0 Å². The number of ether oxygens (including phenoxy) is 1. The number of hydrogen-bond acceptors (Lipinski definition) is 2. The number of benzene rings is 1. The van der Waals surface area contributed by atoms with Gasteiger partial charge in [0, 0.05) is 24.2 Å². The Bertz CT molecular complexity index is 390. The Balaban J connectivity index is 2.01. The third-order valence-corrected chi connectivity index (χ3v) is 4.84. The molecule has 0 aromatic heterocycles. The van der Waals surface area contributed by atoms with E-state index in [1.165, 1.54) is 35.7 Å². The Kier molecular flexibility index (Phi) is 7.05. The lowest BCUT2D eigenvalue weighted by molar-refractivity contribution is 0.0616. The molecule has 1 saturated heterocycles. The SMILES string of the molecule is CCCNCC(CC1CCOCC1)c1ccccc1Br. The molecule has 1 aliphatic heterocycles. The van der Waals surface area contributed by atoms with E-state index >= 15 is 0 Å². The minimum atomic E-state index is 0.597. The highest BCUT2D eigenvalue weighted by Gasteiger charge is 2.21. The summed E-state index contributed by atoms with van der Waals surface area (Å²) in [6, 6.07) is 8.67. The van der Waals surface area contributed by atoms with Crippen molar-refractivity contribution in [2.75, 3.05) is 26.3 Å². The van der Waals surface area contributed by atoms with Gasteiger partial charge < -0.3 is 10.1 Å². The van der Waals surface area contributed by atoms with E-state index in [0.29, 0.717) is 5.92 Å². The monoisotopic (exact) mass is 339 g/mol. The maximum atomic E-state index is 5.48. The van der Waals surface area contributed by atoms with Crippen LogP contribution < -0.4 is 5.32 Å². The largest absolute Gasteiger partial charge is 0.381 e. The predicted molar refractivity (Wildman–Crippen MR) is 88.2 cm³/mol. The van der Waals surface area contributed by atoms with Crippen molar-refractivity contribution in [2.24, 2.45) is 5.92 Å². The van der Waals surface area contributed by atoms with Crippen LogP contribution in [0.4, 0.5) is 0 Å². The lowest BCUT2D eigenvalue weighted by Crippen LogP contribution is -2.26. The molecular weight excluding hydrogens is 314 g/mol. The van der Waals surface area contributed by atoms with E-state index < -0.39 is 0 Å². The Labute approximate surface area is 131 Å². The van der Waals surface area contributed by atoms with Crippen molar-refractivity contribution in [1.82, 2.24) is 5.32 Å². The molecule has 1 aromatic rings. The molecule has 0 amide bonds. The van der Waals surface area contributed by atoms with Gasteiger partial charge in [-0.1, -0.05) is 41.1 Å². The second-order valence-corrected chi connectivity index (χ2v) is 6.57.